The van der Waals surface area contributed by atoms with E-state index >= 15 is 0 Å². The first-order valence-corrected chi connectivity index (χ1v) is 9.53. The van der Waals surface area contributed by atoms with Gasteiger partial charge in [0.1, 0.15) is 11.9 Å². The minimum Gasteiger partial charge on any atom is -0.497 e. The van der Waals surface area contributed by atoms with Gasteiger partial charge in [0, 0.05) is 11.1 Å². The number of aliphatic hydroxyl groups is 1. The van der Waals surface area contributed by atoms with E-state index in [1.165, 1.54) is 18.4 Å². The first-order chi connectivity index (χ1) is 13.3. The van der Waals surface area contributed by atoms with Crippen LogP contribution in [0.2, 0.25) is 0 Å². The normalized spacial score (nSPS) is 16.7. The van der Waals surface area contributed by atoms with Crippen molar-refractivity contribution in [3.63, 3.8) is 0 Å². The summed E-state index contributed by atoms with van der Waals surface area (Å²) < 4.78 is 5.12. The molecule has 0 saturated carbocycles. The monoisotopic (exact) mass is 356 g/mol. The van der Waals surface area contributed by atoms with E-state index in [2.05, 4.69) is 41.6 Å². The van der Waals surface area contributed by atoms with E-state index in [1.807, 2.05) is 24.3 Å². The number of methoxy groups -OCH3 is 1. The number of aliphatic hydroxyl groups excluding tert-OH is 1. The number of ether oxygens (including phenoxy) is 1. The summed E-state index contributed by atoms with van der Waals surface area (Å²) in [7, 11) is 1.63. The second kappa shape index (κ2) is 9.73. The number of benzene rings is 1. The summed E-state index contributed by atoms with van der Waals surface area (Å²) in [5, 5.41) is 10.4. The lowest BCUT2D eigenvalue weighted by Crippen LogP contribution is -2.06. The second-order valence-electron chi connectivity index (χ2n) is 6.73. The van der Waals surface area contributed by atoms with E-state index in [9.17, 15) is 5.11 Å². The first-order valence-electron chi connectivity index (χ1n) is 9.53. The van der Waals surface area contributed by atoms with Crippen molar-refractivity contribution in [2.45, 2.75) is 51.0 Å². The Morgan fingerprint density at radius 1 is 0.926 bits per heavy atom. The van der Waals surface area contributed by atoms with Crippen LogP contribution in [0.1, 0.15) is 50.5 Å². The van der Waals surface area contributed by atoms with Gasteiger partial charge in [0.15, 0.2) is 0 Å². The van der Waals surface area contributed by atoms with E-state index in [4.69, 9.17) is 4.74 Å². The van der Waals surface area contributed by atoms with E-state index in [0.717, 1.165) is 54.6 Å². The highest BCUT2D eigenvalue weighted by Gasteiger charge is 2.18. The molecule has 2 aliphatic rings. The van der Waals surface area contributed by atoms with Gasteiger partial charge in [-0.25, -0.2) is 0 Å². The van der Waals surface area contributed by atoms with Crippen LogP contribution in [-0.2, 0) is 0 Å². The zero-order chi connectivity index (χ0) is 18.9. The molecule has 0 aliphatic heterocycles. The minimum atomic E-state index is -0.776. The molecular formula is C25H24O2. The van der Waals surface area contributed by atoms with Gasteiger partial charge in [0.2, 0.25) is 0 Å². The predicted octanol–water partition coefficient (Wildman–Crippen LogP) is 4.40. The molecule has 1 atom stereocenters. The summed E-state index contributed by atoms with van der Waals surface area (Å²) in [5.74, 6) is 18.8. The fourth-order valence-corrected chi connectivity index (χ4v) is 3.29. The van der Waals surface area contributed by atoms with Crippen LogP contribution in [0.5, 0.6) is 5.75 Å². The van der Waals surface area contributed by atoms with Gasteiger partial charge in [0.25, 0.3) is 0 Å². The van der Waals surface area contributed by atoms with Gasteiger partial charge in [-0.2, -0.15) is 0 Å². The third-order valence-electron chi connectivity index (χ3n) is 4.82. The molecule has 0 amide bonds. The average molecular weight is 356 g/mol. The second-order valence-corrected chi connectivity index (χ2v) is 6.73. The van der Waals surface area contributed by atoms with Crippen molar-refractivity contribution in [3.05, 3.63) is 52.6 Å². The number of hydrogen-bond acceptors (Lipinski definition) is 2. The highest BCUT2D eigenvalue weighted by atomic mass is 16.5. The lowest BCUT2D eigenvalue weighted by Gasteiger charge is -2.07. The molecule has 1 N–H and O–H groups in total. The Morgan fingerprint density at radius 3 is 2.52 bits per heavy atom. The van der Waals surface area contributed by atoms with Crippen molar-refractivity contribution in [1.29, 1.82) is 0 Å². The van der Waals surface area contributed by atoms with Crippen LogP contribution in [-0.4, -0.2) is 18.3 Å². The van der Waals surface area contributed by atoms with E-state index < -0.39 is 6.10 Å². The van der Waals surface area contributed by atoms with Gasteiger partial charge < -0.3 is 9.84 Å². The predicted molar refractivity (Wildman–Crippen MR) is 109 cm³/mol. The Morgan fingerprint density at radius 2 is 1.78 bits per heavy atom. The lowest BCUT2D eigenvalue weighted by molar-refractivity contribution is 0.265. The lowest BCUT2D eigenvalue weighted by atomic mass is 9.99. The van der Waals surface area contributed by atoms with E-state index in [0.29, 0.717) is 0 Å². The molecule has 1 unspecified atom stereocenters. The Kier molecular flexibility index (Phi) is 6.82. The first kappa shape index (κ1) is 18.9. The molecule has 0 fully saturated rings. The van der Waals surface area contributed by atoms with Crippen molar-refractivity contribution in [1.82, 2.24) is 0 Å². The zero-order valence-corrected chi connectivity index (χ0v) is 15.8. The molecule has 2 nitrogen and oxygen atoms in total. The van der Waals surface area contributed by atoms with Crippen LogP contribution in [0.4, 0.5) is 0 Å². The van der Waals surface area contributed by atoms with Gasteiger partial charge in [-0.05, 0) is 92.2 Å². The molecular weight excluding hydrogens is 332 g/mol. The van der Waals surface area contributed by atoms with Gasteiger partial charge >= 0.3 is 0 Å². The molecule has 27 heavy (non-hydrogen) atoms. The van der Waals surface area contributed by atoms with Crippen molar-refractivity contribution < 1.29 is 9.84 Å². The molecule has 1 aromatic rings. The SMILES string of the molecule is COc1ccc(C#CC#CC(O)C2=C(C#CC3=CCCCC3)CCC2)cc1. The van der Waals surface area contributed by atoms with Crippen LogP contribution >= 0.6 is 0 Å². The molecule has 1 aromatic carbocycles. The Hall–Kier alpha value is -2.86. The molecule has 2 heteroatoms. The summed E-state index contributed by atoms with van der Waals surface area (Å²) in [6.45, 7) is 0. The van der Waals surface area contributed by atoms with Crippen LogP contribution < -0.4 is 4.74 Å². The largest absolute Gasteiger partial charge is 0.497 e. The molecule has 0 aromatic heterocycles. The minimum absolute atomic E-state index is 0.776. The molecule has 2 aliphatic carbocycles. The number of hydrogen-bond donors (Lipinski definition) is 1. The van der Waals surface area contributed by atoms with Crippen molar-refractivity contribution in [2.24, 2.45) is 0 Å². The fourth-order valence-electron chi connectivity index (χ4n) is 3.29. The van der Waals surface area contributed by atoms with Crippen molar-refractivity contribution >= 4 is 0 Å². The van der Waals surface area contributed by atoms with Crippen LogP contribution in [0.3, 0.4) is 0 Å². The van der Waals surface area contributed by atoms with Gasteiger partial charge in [0.05, 0.1) is 7.11 Å². The number of allylic oxidation sites excluding steroid dienone is 3. The Bertz CT molecular complexity index is 912. The summed E-state index contributed by atoms with van der Waals surface area (Å²) in [4.78, 5) is 0. The molecule has 3 rings (SSSR count). The molecule has 0 spiro atoms. The maximum absolute atomic E-state index is 10.4. The highest BCUT2D eigenvalue weighted by Crippen LogP contribution is 2.28. The standard InChI is InChI=1S/C25H24O2/c1-27-23-18-15-21(16-19-23)10-5-6-13-25(26)24-12-7-11-22(24)17-14-20-8-3-2-4-9-20/h8,15-16,18-19,25-26H,2-4,7,9,11-12H2,1H3. The summed E-state index contributed by atoms with van der Waals surface area (Å²) >= 11 is 0. The van der Waals surface area contributed by atoms with Crippen molar-refractivity contribution in [3.8, 4) is 41.3 Å². The summed E-state index contributed by atoms with van der Waals surface area (Å²) in [5.41, 5.74) is 4.14. The maximum atomic E-state index is 10.4. The topological polar surface area (TPSA) is 29.5 Å². The van der Waals surface area contributed by atoms with Crippen LogP contribution in [0.25, 0.3) is 0 Å². The highest BCUT2D eigenvalue weighted by molar-refractivity contribution is 5.47. The quantitative estimate of drug-likeness (QED) is 0.796. The zero-order valence-electron chi connectivity index (χ0n) is 15.8. The smallest absolute Gasteiger partial charge is 0.138 e. The van der Waals surface area contributed by atoms with Crippen molar-refractivity contribution in [2.75, 3.05) is 7.11 Å². The van der Waals surface area contributed by atoms with E-state index in [-0.39, 0.29) is 0 Å². The third-order valence-corrected chi connectivity index (χ3v) is 4.82. The fraction of sp³-hybridized carbons (Fsp3) is 0.360. The average Bonchev–Trinajstić information content (AvgIpc) is 3.19. The molecule has 0 bridgehead atoms. The van der Waals surface area contributed by atoms with Crippen LogP contribution in [0.15, 0.2) is 47.1 Å². The maximum Gasteiger partial charge on any atom is 0.138 e. The van der Waals surface area contributed by atoms with Gasteiger partial charge in [-0.15, -0.1) is 0 Å². The Labute approximate surface area is 162 Å². The number of rotatable bonds is 2. The molecule has 0 heterocycles. The summed E-state index contributed by atoms with van der Waals surface area (Å²) in [6, 6.07) is 7.50. The van der Waals surface area contributed by atoms with E-state index in [1.54, 1.807) is 7.11 Å². The summed E-state index contributed by atoms with van der Waals surface area (Å²) in [6.07, 6.45) is 9.03. The molecule has 136 valence electrons. The van der Waals surface area contributed by atoms with Gasteiger partial charge in [-0.1, -0.05) is 29.8 Å². The third kappa shape index (κ3) is 5.56. The van der Waals surface area contributed by atoms with Crippen LogP contribution in [0, 0.1) is 35.5 Å². The van der Waals surface area contributed by atoms with Gasteiger partial charge in [-0.3, -0.25) is 0 Å². The molecule has 0 saturated heterocycles. The Balaban J connectivity index is 1.67. The molecule has 0 radical (unpaired) electrons.